The summed E-state index contributed by atoms with van der Waals surface area (Å²) in [7, 11) is 0. The minimum Gasteiger partial charge on any atom is -0.367 e. The maximum absolute atomic E-state index is 12.4. The predicted octanol–water partition coefficient (Wildman–Crippen LogP) is 3.19. The number of nitrogens with zero attached hydrogens (tertiary/aromatic N) is 1. The zero-order chi connectivity index (χ0) is 13.2. The number of benzene rings is 1. The number of rotatable bonds is 3. The van der Waals surface area contributed by atoms with Gasteiger partial charge in [-0.05, 0) is 37.5 Å². The molecule has 1 aromatic rings. The number of halogens is 1. The van der Waals surface area contributed by atoms with Gasteiger partial charge in [-0.15, -0.1) is 0 Å². The van der Waals surface area contributed by atoms with Gasteiger partial charge in [0.25, 0.3) is 0 Å². The van der Waals surface area contributed by atoms with Gasteiger partial charge in [-0.2, -0.15) is 5.26 Å². The molecule has 1 aliphatic rings. The molecule has 18 heavy (non-hydrogen) atoms. The summed E-state index contributed by atoms with van der Waals surface area (Å²) in [5, 5.41) is 9.26. The maximum atomic E-state index is 12.4. The van der Waals surface area contributed by atoms with E-state index >= 15 is 0 Å². The minimum atomic E-state index is -0.798. The van der Waals surface area contributed by atoms with Gasteiger partial charge in [0.15, 0.2) is 5.78 Å². The summed E-state index contributed by atoms with van der Waals surface area (Å²) in [5.74, 6) is -0.883. The van der Waals surface area contributed by atoms with Gasteiger partial charge < -0.3 is 4.74 Å². The molecule has 2 unspecified atom stereocenters. The lowest BCUT2D eigenvalue weighted by Gasteiger charge is -2.24. The standard InChI is InChI=1S/C14H14BrNO2/c1-14(7-2-8-18-14)13(17)12(9-16)10-3-5-11(15)6-4-10/h3-6,12H,2,7-8H2,1H3. The van der Waals surface area contributed by atoms with E-state index in [1.807, 2.05) is 12.1 Å². The molecule has 0 aliphatic carbocycles. The van der Waals surface area contributed by atoms with E-state index in [2.05, 4.69) is 22.0 Å². The van der Waals surface area contributed by atoms with Crippen LogP contribution in [0.3, 0.4) is 0 Å². The van der Waals surface area contributed by atoms with Gasteiger partial charge in [0.05, 0.1) is 6.07 Å². The van der Waals surface area contributed by atoms with Crippen LogP contribution in [-0.2, 0) is 9.53 Å². The Labute approximate surface area is 115 Å². The van der Waals surface area contributed by atoms with Crippen molar-refractivity contribution in [3.63, 3.8) is 0 Å². The summed E-state index contributed by atoms with van der Waals surface area (Å²) < 4.78 is 6.45. The Morgan fingerprint density at radius 1 is 1.50 bits per heavy atom. The number of carbonyl (C=O) groups excluding carboxylic acids is 1. The third-order valence-corrected chi connectivity index (χ3v) is 3.86. The fourth-order valence-electron chi connectivity index (χ4n) is 2.22. The SMILES string of the molecule is CC1(C(=O)C(C#N)c2ccc(Br)cc2)CCCO1. The molecule has 1 aromatic carbocycles. The lowest BCUT2D eigenvalue weighted by molar-refractivity contribution is -0.137. The average Bonchev–Trinajstić information content (AvgIpc) is 2.81. The highest BCUT2D eigenvalue weighted by Crippen LogP contribution is 2.32. The Kier molecular flexibility index (Phi) is 3.84. The number of hydrogen-bond acceptors (Lipinski definition) is 3. The topological polar surface area (TPSA) is 50.1 Å². The van der Waals surface area contributed by atoms with Crippen molar-refractivity contribution in [2.45, 2.75) is 31.3 Å². The average molecular weight is 308 g/mol. The Hall–Kier alpha value is -1.18. The highest BCUT2D eigenvalue weighted by atomic mass is 79.9. The third-order valence-electron chi connectivity index (χ3n) is 3.33. The largest absolute Gasteiger partial charge is 0.367 e. The van der Waals surface area contributed by atoms with Crippen molar-refractivity contribution in [3.8, 4) is 6.07 Å². The van der Waals surface area contributed by atoms with Crippen LogP contribution in [0, 0.1) is 11.3 Å². The highest BCUT2D eigenvalue weighted by Gasteiger charge is 2.42. The van der Waals surface area contributed by atoms with Crippen molar-refractivity contribution in [2.24, 2.45) is 0 Å². The van der Waals surface area contributed by atoms with E-state index in [-0.39, 0.29) is 5.78 Å². The highest BCUT2D eigenvalue weighted by molar-refractivity contribution is 9.10. The number of carbonyl (C=O) groups is 1. The molecule has 0 saturated carbocycles. The van der Waals surface area contributed by atoms with Crippen LogP contribution in [0.25, 0.3) is 0 Å². The van der Waals surface area contributed by atoms with E-state index in [0.717, 1.165) is 16.5 Å². The van der Waals surface area contributed by atoms with Gasteiger partial charge in [-0.1, -0.05) is 28.1 Å². The third kappa shape index (κ3) is 2.47. The van der Waals surface area contributed by atoms with Gasteiger partial charge >= 0.3 is 0 Å². The number of ether oxygens (including phenoxy) is 1. The van der Waals surface area contributed by atoms with Crippen molar-refractivity contribution in [1.82, 2.24) is 0 Å². The molecule has 3 nitrogen and oxygen atoms in total. The molecule has 1 aliphatic heterocycles. The van der Waals surface area contributed by atoms with E-state index in [4.69, 9.17) is 4.74 Å². The van der Waals surface area contributed by atoms with Gasteiger partial charge in [-0.25, -0.2) is 0 Å². The van der Waals surface area contributed by atoms with E-state index in [0.29, 0.717) is 13.0 Å². The first-order chi connectivity index (χ1) is 8.57. The second-order valence-electron chi connectivity index (χ2n) is 4.66. The van der Waals surface area contributed by atoms with Crippen molar-refractivity contribution >= 4 is 21.7 Å². The first-order valence-corrected chi connectivity index (χ1v) is 6.69. The Balaban J connectivity index is 2.26. The summed E-state index contributed by atoms with van der Waals surface area (Å²) >= 11 is 3.34. The second kappa shape index (κ2) is 5.21. The van der Waals surface area contributed by atoms with E-state index < -0.39 is 11.5 Å². The van der Waals surface area contributed by atoms with Gasteiger partial charge in [-0.3, -0.25) is 4.79 Å². The maximum Gasteiger partial charge on any atom is 0.185 e. The molecular weight excluding hydrogens is 294 g/mol. The van der Waals surface area contributed by atoms with E-state index in [1.54, 1.807) is 19.1 Å². The number of hydrogen-bond donors (Lipinski definition) is 0. The van der Waals surface area contributed by atoms with Crippen LogP contribution in [0.5, 0.6) is 0 Å². The van der Waals surface area contributed by atoms with Crippen LogP contribution in [0.4, 0.5) is 0 Å². The molecule has 1 heterocycles. The molecule has 4 heteroatoms. The lowest BCUT2D eigenvalue weighted by atomic mass is 9.85. The summed E-state index contributed by atoms with van der Waals surface area (Å²) in [6, 6.07) is 9.37. The zero-order valence-electron chi connectivity index (χ0n) is 10.1. The summed E-state index contributed by atoms with van der Waals surface area (Å²) in [6.07, 6.45) is 1.57. The molecule has 0 amide bonds. The normalized spacial score (nSPS) is 24.5. The molecule has 0 N–H and O–H groups in total. The quantitative estimate of drug-likeness (QED) is 0.861. The summed E-state index contributed by atoms with van der Waals surface area (Å²) in [4.78, 5) is 12.4. The summed E-state index contributed by atoms with van der Waals surface area (Å²) in [6.45, 7) is 2.38. The van der Waals surface area contributed by atoms with Crippen molar-refractivity contribution in [2.75, 3.05) is 6.61 Å². The Morgan fingerprint density at radius 2 is 2.17 bits per heavy atom. The van der Waals surface area contributed by atoms with Gasteiger partial charge in [0, 0.05) is 11.1 Å². The van der Waals surface area contributed by atoms with Gasteiger partial charge in [0.1, 0.15) is 11.5 Å². The van der Waals surface area contributed by atoms with Crippen molar-refractivity contribution in [3.05, 3.63) is 34.3 Å². The predicted molar refractivity (Wildman–Crippen MR) is 71.1 cm³/mol. The van der Waals surface area contributed by atoms with Crippen LogP contribution in [0.1, 0.15) is 31.2 Å². The monoisotopic (exact) mass is 307 g/mol. The zero-order valence-corrected chi connectivity index (χ0v) is 11.7. The molecule has 0 bridgehead atoms. The first-order valence-electron chi connectivity index (χ1n) is 5.90. The molecule has 2 rings (SSSR count). The fraction of sp³-hybridized carbons (Fsp3) is 0.429. The van der Waals surface area contributed by atoms with Crippen LogP contribution in [0.15, 0.2) is 28.7 Å². The molecule has 1 saturated heterocycles. The molecular formula is C14H14BrNO2. The molecule has 1 fully saturated rings. The summed E-state index contributed by atoms with van der Waals surface area (Å²) in [5.41, 5.74) is -0.0737. The molecule has 0 spiro atoms. The second-order valence-corrected chi connectivity index (χ2v) is 5.58. The van der Waals surface area contributed by atoms with Crippen molar-refractivity contribution in [1.29, 1.82) is 5.26 Å². The Morgan fingerprint density at radius 3 is 2.67 bits per heavy atom. The van der Waals surface area contributed by atoms with Crippen LogP contribution < -0.4 is 0 Å². The molecule has 0 radical (unpaired) electrons. The van der Waals surface area contributed by atoms with Crippen LogP contribution >= 0.6 is 15.9 Å². The van der Waals surface area contributed by atoms with Gasteiger partial charge in [0.2, 0.25) is 0 Å². The Bertz CT molecular complexity index is 484. The number of nitriles is 1. The number of ketones is 1. The number of Topliss-reactive ketones (excluding diaryl/α,β-unsaturated/α-hetero) is 1. The molecule has 0 aromatic heterocycles. The van der Waals surface area contributed by atoms with Crippen molar-refractivity contribution < 1.29 is 9.53 Å². The smallest absolute Gasteiger partial charge is 0.185 e. The van der Waals surface area contributed by atoms with Crippen LogP contribution in [-0.4, -0.2) is 18.0 Å². The lowest BCUT2D eigenvalue weighted by Crippen LogP contribution is -2.37. The minimum absolute atomic E-state index is 0.134. The first kappa shape index (κ1) is 13.3. The van der Waals surface area contributed by atoms with E-state index in [1.165, 1.54) is 0 Å². The molecule has 94 valence electrons. The van der Waals surface area contributed by atoms with Crippen LogP contribution in [0.2, 0.25) is 0 Å². The van der Waals surface area contributed by atoms with E-state index in [9.17, 15) is 10.1 Å². The molecule has 2 atom stereocenters. The fourth-order valence-corrected chi connectivity index (χ4v) is 2.48.